The third-order valence-corrected chi connectivity index (χ3v) is 4.20. The minimum atomic E-state index is -0.685. The topological polar surface area (TPSA) is 37.0 Å². The van der Waals surface area contributed by atoms with Gasteiger partial charge >= 0.3 is 0 Å². The zero-order valence-corrected chi connectivity index (χ0v) is 13.2. The van der Waals surface area contributed by atoms with Crippen molar-refractivity contribution in [1.29, 1.82) is 0 Å². The van der Waals surface area contributed by atoms with Crippen LogP contribution in [0, 0.1) is 18.6 Å². The Labute approximate surface area is 127 Å². The Balaban J connectivity index is 2.18. The zero-order valence-electron chi connectivity index (χ0n) is 12.3. The van der Waals surface area contributed by atoms with Crippen LogP contribution < -0.4 is 10.6 Å². The normalized spacial score (nSPS) is 12.2. The van der Waals surface area contributed by atoms with Crippen LogP contribution in [0.3, 0.4) is 0 Å². The van der Waals surface area contributed by atoms with E-state index in [4.69, 9.17) is 0 Å². The molecule has 0 aliphatic heterocycles. The molecule has 0 aliphatic rings. The second-order valence-electron chi connectivity index (χ2n) is 4.89. The van der Waals surface area contributed by atoms with E-state index in [-0.39, 0.29) is 17.7 Å². The number of aryl methyl sites for hydroxylation is 1. The van der Waals surface area contributed by atoms with Gasteiger partial charge in [-0.1, -0.05) is 6.92 Å². The average Bonchev–Trinajstić information content (AvgIpc) is 2.87. The Morgan fingerprint density at radius 3 is 2.57 bits per heavy atom. The van der Waals surface area contributed by atoms with Crippen molar-refractivity contribution < 1.29 is 8.78 Å². The summed E-state index contributed by atoms with van der Waals surface area (Å²) in [6.45, 7) is 6.50. The van der Waals surface area contributed by atoms with Gasteiger partial charge in [0, 0.05) is 22.4 Å². The van der Waals surface area contributed by atoms with Crippen LogP contribution in [0.1, 0.15) is 36.1 Å². The Morgan fingerprint density at radius 2 is 1.95 bits per heavy atom. The maximum Gasteiger partial charge on any atom is 0.168 e. The summed E-state index contributed by atoms with van der Waals surface area (Å²) in [4.78, 5) is 6.29. The van der Waals surface area contributed by atoms with Crippen molar-refractivity contribution in [2.45, 2.75) is 33.2 Å². The van der Waals surface area contributed by atoms with Gasteiger partial charge in [0.1, 0.15) is 0 Å². The molecule has 2 N–H and O–H groups in total. The number of rotatable bonds is 6. The van der Waals surface area contributed by atoms with Gasteiger partial charge in [0.25, 0.3) is 0 Å². The monoisotopic (exact) mass is 311 g/mol. The molecule has 1 unspecified atom stereocenters. The predicted octanol–water partition coefficient (Wildman–Crippen LogP) is 4.72. The molecule has 0 saturated heterocycles. The molecule has 21 heavy (non-hydrogen) atoms. The smallest absolute Gasteiger partial charge is 0.168 e. The number of thiophene rings is 1. The predicted molar refractivity (Wildman–Crippen MR) is 84.0 cm³/mol. The molecule has 3 nitrogen and oxygen atoms in total. The number of nitrogens with zero attached hydrogens (tertiary/aromatic N) is 1. The molecule has 0 bridgehead atoms. The van der Waals surface area contributed by atoms with Gasteiger partial charge in [0.15, 0.2) is 23.3 Å². The highest BCUT2D eigenvalue weighted by atomic mass is 32.1. The van der Waals surface area contributed by atoms with Crippen molar-refractivity contribution in [3.63, 3.8) is 0 Å². The molecule has 2 aromatic rings. The van der Waals surface area contributed by atoms with Crippen molar-refractivity contribution in [2.75, 3.05) is 17.2 Å². The molecular formula is C15H19F2N3S. The van der Waals surface area contributed by atoms with Crippen LogP contribution in [-0.4, -0.2) is 11.5 Å². The average molecular weight is 311 g/mol. The minimum Gasteiger partial charge on any atom is -0.368 e. The second-order valence-corrected chi connectivity index (χ2v) is 6.21. The molecule has 2 rings (SSSR count). The maximum absolute atomic E-state index is 13.8. The van der Waals surface area contributed by atoms with Gasteiger partial charge in [-0.15, -0.1) is 11.3 Å². The molecule has 114 valence electrons. The lowest BCUT2D eigenvalue weighted by molar-refractivity contribution is 0.576. The van der Waals surface area contributed by atoms with E-state index in [1.165, 1.54) is 4.88 Å². The van der Waals surface area contributed by atoms with Crippen LogP contribution in [-0.2, 0) is 0 Å². The fraction of sp³-hybridized carbons (Fsp3) is 0.400. The van der Waals surface area contributed by atoms with Crippen LogP contribution in [0.15, 0.2) is 18.2 Å². The molecular weight excluding hydrogens is 292 g/mol. The van der Waals surface area contributed by atoms with Gasteiger partial charge < -0.3 is 10.6 Å². The Bertz CT molecular complexity index is 613. The number of aromatic nitrogens is 1. The number of hydrogen-bond donors (Lipinski definition) is 2. The molecule has 2 heterocycles. The van der Waals surface area contributed by atoms with Crippen LogP contribution in [0.25, 0.3) is 0 Å². The summed E-state index contributed by atoms with van der Waals surface area (Å²) >= 11 is 1.64. The van der Waals surface area contributed by atoms with Crippen molar-refractivity contribution in [1.82, 2.24) is 4.98 Å². The lowest BCUT2D eigenvalue weighted by atomic mass is 10.2. The molecule has 0 radical (unpaired) electrons. The van der Waals surface area contributed by atoms with E-state index >= 15 is 0 Å². The minimum absolute atomic E-state index is 0.0635. The lowest BCUT2D eigenvalue weighted by Gasteiger charge is -2.15. The molecule has 0 saturated carbocycles. The molecule has 2 aromatic heterocycles. The first-order valence-electron chi connectivity index (χ1n) is 6.94. The van der Waals surface area contributed by atoms with Crippen molar-refractivity contribution in [2.24, 2.45) is 0 Å². The zero-order chi connectivity index (χ0) is 15.4. The third-order valence-electron chi connectivity index (χ3n) is 3.01. The van der Waals surface area contributed by atoms with Gasteiger partial charge in [-0.25, -0.2) is 13.8 Å². The Hall–Kier alpha value is -1.69. The van der Waals surface area contributed by atoms with Crippen molar-refractivity contribution >= 4 is 23.0 Å². The first-order valence-corrected chi connectivity index (χ1v) is 7.75. The summed E-state index contributed by atoms with van der Waals surface area (Å²) in [5.41, 5.74) is 0. The molecule has 0 fully saturated rings. The van der Waals surface area contributed by atoms with Crippen LogP contribution in [0.4, 0.5) is 20.4 Å². The highest BCUT2D eigenvalue weighted by Crippen LogP contribution is 2.27. The second kappa shape index (κ2) is 6.85. The van der Waals surface area contributed by atoms with Crippen LogP contribution in [0.2, 0.25) is 0 Å². The van der Waals surface area contributed by atoms with Gasteiger partial charge in [0.05, 0.1) is 6.04 Å². The van der Waals surface area contributed by atoms with E-state index in [0.29, 0.717) is 6.54 Å². The fourth-order valence-corrected chi connectivity index (χ4v) is 2.78. The van der Waals surface area contributed by atoms with Gasteiger partial charge in [-0.05, 0) is 32.4 Å². The molecule has 0 aliphatic carbocycles. The van der Waals surface area contributed by atoms with E-state index in [0.717, 1.165) is 17.4 Å². The number of hydrogen-bond acceptors (Lipinski definition) is 4. The van der Waals surface area contributed by atoms with E-state index in [9.17, 15) is 8.78 Å². The van der Waals surface area contributed by atoms with E-state index < -0.39 is 11.6 Å². The van der Waals surface area contributed by atoms with Gasteiger partial charge in [0.2, 0.25) is 0 Å². The van der Waals surface area contributed by atoms with Crippen molar-refractivity contribution in [3.05, 3.63) is 39.6 Å². The number of halogens is 2. The Morgan fingerprint density at radius 1 is 1.24 bits per heavy atom. The van der Waals surface area contributed by atoms with E-state index in [1.54, 1.807) is 11.3 Å². The van der Waals surface area contributed by atoms with Crippen LogP contribution >= 0.6 is 11.3 Å². The standard InChI is InChI=1S/C15H19F2N3S/c1-4-7-18-14-11(16)8-12(17)15(20-14)19-10(3)13-6-5-9(2)21-13/h5-6,8,10H,4,7H2,1-3H3,(H2,18,19,20). The summed E-state index contributed by atoms with van der Waals surface area (Å²) in [7, 11) is 0. The number of nitrogens with one attached hydrogen (secondary N) is 2. The van der Waals surface area contributed by atoms with E-state index in [1.807, 2.05) is 32.9 Å². The highest BCUT2D eigenvalue weighted by molar-refractivity contribution is 7.12. The largest absolute Gasteiger partial charge is 0.368 e. The molecule has 6 heteroatoms. The molecule has 0 amide bonds. The fourth-order valence-electron chi connectivity index (χ4n) is 1.90. The quantitative estimate of drug-likeness (QED) is 0.810. The molecule has 1 atom stereocenters. The van der Waals surface area contributed by atoms with Gasteiger partial charge in [-0.3, -0.25) is 0 Å². The number of pyridine rings is 1. The Kier molecular flexibility index (Phi) is 5.12. The maximum atomic E-state index is 13.8. The summed E-state index contributed by atoms with van der Waals surface area (Å²) in [6.07, 6.45) is 0.839. The lowest BCUT2D eigenvalue weighted by Crippen LogP contribution is -2.11. The van der Waals surface area contributed by atoms with E-state index in [2.05, 4.69) is 15.6 Å². The summed E-state index contributed by atoms with van der Waals surface area (Å²) in [6, 6.07) is 4.78. The third kappa shape index (κ3) is 3.91. The van der Waals surface area contributed by atoms with Crippen LogP contribution in [0.5, 0.6) is 0 Å². The summed E-state index contributed by atoms with van der Waals surface area (Å²) in [5.74, 6) is -1.22. The van der Waals surface area contributed by atoms with Gasteiger partial charge in [-0.2, -0.15) is 0 Å². The SMILES string of the molecule is CCCNc1nc(NC(C)c2ccc(C)s2)c(F)cc1F. The first kappa shape index (κ1) is 15.7. The highest BCUT2D eigenvalue weighted by Gasteiger charge is 2.15. The van der Waals surface area contributed by atoms with Crippen molar-refractivity contribution in [3.8, 4) is 0 Å². The molecule has 0 aromatic carbocycles. The summed E-state index contributed by atoms with van der Waals surface area (Å²) < 4.78 is 27.5. The number of anilines is 2. The first-order chi connectivity index (χ1) is 10.0. The molecule has 0 spiro atoms. The summed E-state index contributed by atoms with van der Waals surface area (Å²) in [5, 5.41) is 5.86.